The minimum Gasteiger partial charge on any atom is -0.335 e. The van der Waals surface area contributed by atoms with Crippen molar-refractivity contribution < 1.29 is 26.4 Å². The van der Waals surface area contributed by atoms with Gasteiger partial charge in [-0.15, -0.1) is 0 Å². The molecule has 1 heterocycles. The third-order valence-corrected chi connectivity index (χ3v) is 6.53. The quantitative estimate of drug-likeness (QED) is 0.781. The molecule has 0 radical (unpaired) electrons. The summed E-state index contributed by atoms with van der Waals surface area (Å²) in [6.45, 7) is 0.484. The van der Waals surface area contributed by atoms with Crippen LogP contribution < -0.4 is 10.6 Å². The molecule has 2 aromatic carbocycles. The highest BCUT2D eigenvalue weighted by molar-refractivity contribution is 7.89. The number of halogens is 3. The molecule has 0 saturated carbocycles. The van der Waals surface area contributed by atoms with Crippen LogP contribution in [0.2, 0.25) is 0 Å². The first-order valence-corrected chi connectivity index (χ1v) is 10.4. The lowest BCUT2D eigenvalue weighted by atomic mass is 10.1. The van der Waals surface area contributed by atoms with Crippen LogP contribution in [0.3, 0.4) is 0 Å². The van der Waals surface area contributed by atoms with E-state index in [1.165, 1.54) is 28.6 Å². The monoisotopic (exact) mass is 427 g/mol. The molecule has 3 rings (SSSR count). The van der Waals surface area contributed by atoms with Gasteiger partial charge in [-0.05, 0) is 43.2 Å². The van der Waals surface area contributed by atoms with E-state index in [9.17, 15) is 26.4 Å². The van der Waals surface area contributed by atoms with Crippen molar-refractivity contribution >= 4 is 21.7 Å². The van der Waals surface area contributed by atoms with Crippen LogP contribution in [0, 0.1) is 0 Å². The maximum Gasteiger partial charge on any atom is 0.416 e. The Bertz CT molecular complexity index is 957. The number of benzene rings is 2. The van der Waals surface area contributed by atoms with Crippen molar-refractivity contribution in [1.82, 2.24) is 9.62 Å². The molecule has 10 heteroatoms. The van der Waals surface area contributed by atoms with Crippen LogP contribution in [-0.2, 0) is 16.2 Å². The molecule has 2 aromatic rings. The van der Waals surface area contributed by atoms with Gasteiger partial charge < -0.3 is 10.6 Å². The fraction of sp³-hybridized carbons (Fsp3) is 0.316. The van der Waals surface area contributed by atoms with Crippen LogP contribution in [0.5, 0.6) is 0 Å². The number of sulfonamides is 1. The highest BCUT2D eigenvalue weighted by Gasteiger charge is 2.31. The van der Waals surface area contributed by atoms with Gasteiger partial charge in [0.15, 0.2) is 0 Å². The molecule has 1 fully saturated rings. The summed E-state index contributed by atoms with van der Waals surface area (Å²) in [5.74, 6) is 0. The first-order valence-electron chi connectivity index (χ1n) is 8.96. The Kier molecular flexibility index (Phi) is 6.13. The molecule has 0 spiro atoms. The van der Waals surface area contributed by atoms with Crippen molar-refractivity contribution in [2.75, 3.05) is 18.4 Å². The number of amides is 2. The highest BCUT2D eigenvalue weighted by Crippen LogP contribution is 2.30. The fourth-order valence-electron chi connectivity index (χ4n) is 3.11. The minimum atomic E-state index is -4.49. The lowest BCUT2D eigenvalue weighted by Gasteiger charge is -2.31. The number of hydrogen-bond donors (Lipinski definition) is 2. The Hall–Kier alpha value is -2.59. The van der Waals surface area contributed by atoms with Crippen molar-refractivity contribution in [3.8, 4) is 0 Å². The average Bonchev–Trinajstić information content (AvgIpc) is 2.68. The van der Waals surface area contributed by atoms with E-state index >= 15 is 0 Å². The predicted molar refractivity (Wildman–Crippen MR) is 102 cm³/mol. The van der Waals surface area contributed by atoms with E-state index in [2.05, 4.69) is 10.6 Å². The van der Waals surface area contributed by atoms with E-state index in [0.29, 0.717) is 12.8 Å². The second kappa shape index (κ2) is 8.42. The zero-order valence-electron chi connectivity index (χ0n) is 15.3. The molecule has 6 nitrogen and oxygen atoms in total. The molecule has 1 saturated heterocycles. The standard InChI is InChI=1S/C19H20F3N3O3S/c20-19(21,22)14-5-4-6-16(13-14)24-18(26)23-15-9-11-25(12-10-15)29(27,28)17-7-2-1-3-8-17/h1-8,13,15H,9-12H2,(H2,23,24,26). The number of anilines is 1. The van der Waals surface area contributed by atoms with E-state index in [1.807, 2.05) is 0 Å². The SMILES string of the molecule is O=C(Nc1cccc(C(F)(F)F)c1)NC1CCN(S(=O)(=O)c2ccccc2)CC1. The van der Waals surface area contributed by atoms with Crippen LogP contribution in [0.25, 0.3) is 0 Å². The molecule has 2 N–H and O–H groups in total. The Morgan fingerprint density at radius 2 is 1.66 bits per heavy atom. The number of nitrogens with one attached hydrogen (secondary N) is 2. The van der Waals surface area contributed by atoms with Gasteiger partial charge in [-0.3, -0.25) is 0 Å². The fourth-order valence-corrected chi connectivity index (χ4v) is 4.60. The zero-order valence-corrected chi connectivity index (χ0v) is 16.1. The van der Waals surface area contributed by atoms with Gasteiger partial charge in [0.25, 0.3) is 0 Å². The van der Waals surface area contributed by atoms with Crippen molar-refractivity contribution in [3.05, 3.63) is 60.2 Å². The molecule has 0 atom stereocenters. The predicted octanol–water partition coefficient (Wildman–Crippen LogP) is 3.68. The van der Waals surface area contributed by atoms with Gasteiger partial charge in [-0.1, -0.05) is 24.3 Å². The van der Waals surface area contributed by atoms with Crippen LogP contribution >= 0.6 is 0 Å². The normalized spacial score (nSPS) is 16.4. The van der Waals surface area contributed by atoms with E-state index in [1.54, 1.807) is 18.2 Å². The van der Waals surface area contributed by atoms with Gasteiger partial charge >= 0.3 is 12.2 Å². The number of carbonyl (C=O) groups excluding carboxylic acids is 1. The summed E-state index contributed by atoms with van der Waals surface area (Å²) in [5, 5.41) is 5.07. The third-order valence-electron chi connectivity index (χ3n) is 4.62. The minimum absolute atomic E-state index is 0.0291. The van der Waals surface area contributed by atoms with E-state index in [4.69, 9.17) is 0 Å². The Balaban J connectivity index is 1.54. The molecule has 156 valence electrons. The molecule has 0 bridgehead atoms. The van der Waals surface area contributed by atoms with Gasteiger partial charge in [-0.25, -0.2) is 13.2 Å². The van der Waals surface area contributed by atoms with Gasteiger partial charge in [-0.2, -0.15) is 17.5 Å². The van der Waals surface area contributed by atoms with Gasteiger partial charge in [0.05, 0.1) is 10.5 Å². The highest BCUT2D eigenvalue weighted by atomic mass is 32.2. The second-order valence-corrected chi connectivity index (χ2v) is 8.61. The summed E-state index contributed by atoms with van der Waals surface area (Å²) in [7, 11) is -3.58. The summed E-state index contributed by atoms with van der Waals surface area (Å²) in [4.78, 5) is 12.3. The molecule has 0 aromatic heterocycles. The van der Waals surface area contributed by atoms with Crippen LogP contribution in [0.4, 0.5) is 23.7 Å². The first-order chi connectivity index (χ1) is 13.7. The molecule has 2 amide bonds. The molecular weight excluding hydrogens is 407 g/mol. The molecule has 0 aliphatic carbocycles. The van der Waals surface area contributed by atoms with E-state index in [-0.39, 0.29) is 29.7 Å². The number of carbonyl (C=O) groups is 1. The topological polar surface area (TPSA) is 78.5 Å². The summed E-state index contributed by atoms with van der Waals surface area (Å²) in [5.41, 5.74) is -0.823. The number of piperidine rings is 1. The largest absolute Gasteiger partial charge is 0.416 e. The maximum absolute atomic E-state index is 12.8. The van der Waals surface area contributed by atoms with Gasteiger partial charge in [0.2, 0.25) is 10.0 Å². The van der Waals surface area contributed by atoms with Crippen molar-refractivity contribution in [2.24, 2.45) is 0 Å². The number of nitrogens with zero attached hydrogens (tertiary/aromatic N) is 1. The van der Waals surface area contributed by atoms with Crippen molar-refractivity contribution in [2.45, 2.75) is 30.0 Å². The van der Waals surface area contributed by atoms with Gasteiger partial charge in [0, 0.05) is 24.8 Å². The molecule has 29 heavy (non-hydrogen) atoms. The molecular formula is C19H20F3N3O3S. The maximum atomic E-state index is 12.8. The Morgan fingerprint density at radius 3 is 2.28 bits per heavy atom. The smallest absolute Gasteiger partial charge is 0.335 e. The first kappa shape index (κ1) is 21.1. The lowest BCUT2D eigenvalue weighted by molar-refractivity contribution is -0.137. The van der Waals surface area contributed by atoms with Crippen LogP contribution in [0.15, 0.2) is 59.5 Å². The molecule has 1 aliphatic heterocycles. The van der Waals surface area contributed by atoms with Crippen LogP contribution in [-0.4, -0.2) is 37.9 Å². The summed E-state index contributed by atoms with van der Waals surface area (Å²) < 4.78 is 64.8. The van der Waals surface area contributed by atoms with E-state index in [0.717, 1.165) is 12.1 Å². The number of hydrogen-bond acceptors (Lipinski definition) is 3. The summed E-state index contributed by atoms with van der Waals surface area (Å²) in [6.07, 6.45) is -3.69. The summed E-state index contributed by atoms with van der Waals surface area (Å²) in [6, 6.07) is 11.5. The number of urea groups is 1. The second-order valence-electron chi connectivity index (χ2n) is 6.67. The third kappa shape index (κ3) is 5.27. The lowest BCUT2D eigenvalue weighted by Crippen LogP contribution is -2.47. The van der Waals surface area contributed by atoms with E-state index < -0.39 is 27.8 Å². The van der Waals surface area contributed by atoms with Crippen molar-refractivity contribution in [1.29, 1.82) is 0 Å². The average molecular weight is 427 g/mol. The van der Waals surface area contributed by atoms with Crippen LogP contribution in [0.1, 0.15) is 18.4 Å². The van der Waals surface area contributed by atoms with Gasteiger partial charge in [0.1, 0.15) is 0 Å². The molecule has 0 unspecified atom stereocenters. The zero-order chi connectivity index (χ0) is 21.1. The molecule has 1 aliphatic rings. The van der Waals surface area contributed by atoms with Crippen molar-refractivity contribution in [3.63, 3.8) is 0 Å². The summed E-state index contributed by atoms with van der Waals surface area (Å²) >= 11 is 0. The Morgan fingerprint density at radius 1 is 1.00 bits per heavy atom. The number of rotatable bonds is 4. The Labute approximate surface area is 166 Å². The number of alkyl halides is 3.